The van der Waals surface area contributed by atoms with Crippen LogP contribution in [0.4, 0.5) is 11.4 Å². The van der Waals surface area contributed by atoms with Crippen LogP contribution in [0.2, 0.25) is 0 Å². The average molecular weight is 629 g/mol. The van der Waals surface area contributed by atoms with Crippen LogP contribution in [-0.4, -0.2) is 48.5 Å². The first-order valence-electron chi connectivity index (χ1n) is 15.2. The zero-order valence-electron chi connectivity index (χ0n) is 27.0. The number of carbonyl (C=O) groups is 6. The number of ketones is 2. The number of nitrogens with one attached hydrogen (secondary N) is 2. The van der Waals surface area contributed by atoms with Gasteiger partial charge in [-0.2, -0.15) is 0 Å². The molecule has 0 spiro atoms. The van der Waals surface area contributed by atoms with Gasteiger partial charge in [0, 0.05) is 61.0 Å². The van der Waals surface area contributed by atoms with Gasteiger partial charge in [-0.3, -0.25) is 28.8 Å². The first-order valence-corrected chi connectivity index (χ1v) is 15.2. The number of rotatable bonds is 15. The predicted molar refractivity (Wildman–Crippen MR) is 178 cm³/mol. The topological polar surface area (TPSA) is 145 Å². The van der Waals surface area contributed by atoms with Gasteiger partial charge in [0.15, 0.2) is 11.6 Å². The summed E-state index contributed by atoms with van der Waals surface area (Å²) in [7, 11) is 0. The van der Waals surface area contributed by atoms with Crippen molar-refractivity contribution in [3.05, 3.63) is 59.7 Å². The Kier molecular flexibility index (Phi) is 24.8. The molecule has 0 aromatic heterocycles. The summed E-state index contributed by atoms with van der Waals surface area (Å²) in [6.07, 6.45) is 4.20. The zero-order chi connectivity index (χ0) is 33.3. The van der Waals surface area contributed by atoms with Crippen molar-refractivity contribution < 1.29 is 38.2 Å². The molecule has 10 nitrogen and oxygen atoms in total. The van der Waals surface area contributed by atoms with Crippen LogP contribution in [-0.2, 0) is 28.7 Å². The Morgan fingerprint density at radius 2 is 0.800 bits per heavy atom. The highest BCUT2D eigenvalue weighted by Gasteiger charge is 2.06. The van der Waals surface area contributed by atoms with Crippen molar-refractivity contribution in [1.29, 1.82) is 0 Å². The minimum atomic E-state index is -0.185. The smallest absolute Gasteiger partial charge is 0.305 e. The highest BCUT2D eigenvalue weighted by Crippen LogP contribution is 2.14. The number of ether oxygens (including phenoxy) is 2. The van der Waals surface area contributed by atoms with E-state index in [2.05, 4.69) is 10.6 Å². The second-order valence-electron chi connectivity index (χ2n) is 9.37. The Bertz CT molecular complexity index is 1080. The Morgan fingerprint density at radius 3 is 1.04 bits per heavy atom. The lowest BCUT2D eigenvalue weighted by atomic mass is 10.0. The molecule has 2 aromatic rings. The minimum Gasteiger partial charge on any atom is -0.466 e. The normalized spacial score (nSPS) is 9.47. The number of hydrogen-bond acceptors (Lipinski definition) is 8. The lowest BCUT2D eigenvalue weighted by Crippen LogP contribution is -2.11. The van der Waals surface area contributed by atoms with E-state index in [4.69, 9.17) is 9.47 Å². The number of Topliss-reactive ketones (excluding diaryl/α,β-unsaturated/α-hetero) is 2. The largest absolute Gasteiger partial charge is 0.466 e. The minimum absolute atomic E-state index is 0. The SMILES string of the molecule is C.CCC(=O)Nc1ccc(NC(=O)CC)cc1.CCC(=O)OCCCCOC(=O)CC.CCC(=O)c1ccc(C(=O)CC)cc1. The molecule has 0 saturated heterocycles. The Balaban J connectivity index is 0. The molecule has 0 bridgehead atoms. The number of anilines is 2. The molecule has 0 fully saturated rings. The summed E-state index contributed by atoms with van der Waals surface area (Å²) in [5.74, 6) is -0.192. The van der Waals surface area contributed by atoms with Crippen molar-refractivity contribution in [2.24, 2.45) is 0 Å². The first-order chi connectivity index (χ1) is 21.0. The lowest BCUT2D eigenvalue weighted by molar-refractivity contribution is -0.145. The van der Waals surface area contributed by atoms with E-state index < -0.39 is 0 Å². The van der Waals surface area contributed by atoms with Crippen LogP contribution < -0.4 is 10.6 Å². The molecule has 250 valence electrons. The molecule has 0 aliphatic heterocycles. The van der Waals surface area contributed by atoms with Crippen LogP contribution >= 0.6 is 0 Å². The van der Waals surface area contributed by atoms with Crippen LogP contribution in [0.3, 0.4) is 0 Å². The summed E-state index contributed by atoms with van der Waals surface area (Å²) in [6.45, 7) is 11.6. The fourth-order valence-electron chi connectivity index (χ4n) is 3.17. The third-order valence-electron chi connectivity index (χ3n) is 5.91. The predicted octanol–water partition coefficient (Wildman–Crippen LogP) is 7.56. The maximum Gasteiger partial charge on any atom is 0.305 e. The lowest BCUT2D eigenvalue weighted by Gasteiger charge is -2.06. The van der Waals surface area contributed by atoms with E-state index in [0.717, 1.165) is 24.2 Å². The van der Waals surface area contributed by atoms with Crippen molar-refractivity contribution in [3.8, 4) is 0 Å². The molecule has 10 heteroatoms. The molecule has 0 aliphatic rings. The van der Waals surface area contributed by atoms with Crippen molar-refractivity contribution in [3.63, 3.8) is 0 Å². The van der Waals surface area contributed by atoms with Crippen molar-refractivity contribution >= 4 is 46.7 Å². The fraction of sp³-hybridized carbons (Fsp3) is 0.486. The molecule has 2 amide bonds. The second kappa shape index (κ2) is 26.1. The first kappa shape index (κ1) is 42.8. The number of hydrogen-bond donors (Lipinski definition) is 2. The summed E-state index contributed by atoms with van der Waals surface area (Å²) < 4.78 is 9.69. The van der Waals surface area contributed by atoms with Crippen LogP contribution in [0, 0.1) is 0 Å². The molecule has 0 atom stereocenters. The van der Waals surface area contributed by atoms with Crippen LogP contribution in [0.5, 0.6) is 0 Å². The van der Waals surface area contributed by atoms with E-state index in [9.17, 15) is 28.8 Å². The molecule has 0 radical (unpaired) electrons. The number of benzene rings is 2. The molecule has 2 rings (SSSR count). The van der Waals surface area contributed by atoms with E-state index >= 15 is 0 Å². The zero-order valence-corrected chi connectivity index (χ0v) is 27.0. The maximum atomic E-state index is 11.3. The average Bonchev–Trinajstić information content (AvgIpc) is 3.06. The Morgan fingerprint density at radius 1 is 0.489 bits per heavy atom. The highest BCUT2D eigenvalue weighted by molar-refractivity contribution is 5.99. The molecule has 2 aromatic carbocycles. The van der Waals surface area contributed by atoms with E-state index in [1.807, 2.05) is 13.8 Å². The van der Waals surface area contributed by atoms with Gasteiger partial charge in [0.05, 0.1) is 13.2 Å². The number of esters is 2. The van der Waals surface area contributed by atoms with Gasteiger partial charge in [-0.15, -0.1) is 0 Å². The van der Waals surface area contributed by atoms with E-state index in [1.165, 1.54) is 0 Å². The van der Waals surface area contributed by atoms with Crippen molar-refractivity contribution in [2.75, 3.05) is 23.8 Å². The molecule has 45 heavy (non-hydrogen) atoms. The van der Waals surface area contributed by atoms with Crippen LogP contribution in [0.25, 0.3) is 0 Å². The van der Waals surface area contributed by atoms with Gasteiger partial charge in [-0.25, -0.2) is 0 Å². The van der Waals surface area contributed by atoms with E-state index in [0.29, 0.717) is 62.9 Å². The molecular weight excluding hydrogens is 576 g/mol. The summed E-state index contributed by atoms with van der Waals surface area (Å²) in [4.78, 5) is 66.2. The van der Waals surface area contributed by atoms with Gasteiger partial charge >= 0.3 is 11.9 Å². The third kappa shape index (κ3) is 20.3. The molecule has 0 saturated carbocycles. The summed E-state index contributed by atoms with van der Waals surface area (Å²) in [6, 6.07) is 13.9. The number of amides is 2. The van der Waals surface area contributed by atoms with Gasteiger partial charge < -0.3 is 20.1 Å². The summed E-state index contributed by atoms with van der Waals surface area (Å²) >= 11 is 0. The molecule has 0 aliphatic carbocycles. The second-order valence-corrected chi connectivity index (χ2v) is 9.37. The van der Waals surface area contributed by atoms with Gasteiger partial charge in [0.25, 0.3) is 0 Å². The fourth-order valence-corrected chi connectivity index (χ4v) is 3.17. The molecule has 2 N–H and O–H groups in total. The summed E-state index contributed by atoms with van der Waals surface area (Å²) in [5.41, 5.74) is 2.84. The van der Waals surface area contributed by atoms with Crippen molar-refractivity contribution in [2.45, 2.75) is 100 Å². The third-order valence-corrected chi connectivity index (χ3v) is 5.91. The van der Waals surface area contributed by atoms with Gasteiger partial charge in [0.2, 0.25) is 11.8 Å². The monoisotopic (exact) mass is 628 g/mol. The van der Waals surface area contributed by atoms with Crippen molar-refractivity contribution in [1.82, 2.24) is 0 Å². The van der Waals surface area contributed by atoms with Crippen LogP contribution in [0.15, 0.2) is 48.5 Å². The van der Waals surface area contributed by atoms with E-state index in [-0.39, 0.29) is 42.7 Å². The standard InChI is InChI=1S/C12H16N2O2.C12H14O2.C10H18O4.CH4/c1-3-11(15)13-9-5-7-10(8-6-9)14-12(16)4-2;1-3-11(13)9-5-7-10(8-6-9)12(14)4-2;1-3-9(11)13-7-5-6-8-14-10(12)4-2;/h5-8H,3-4H2,1-2H3,(H,13,15)(H,14,16);5-8H,3-4H2,1-2H3;3-8H2,1-2H3;1H4. The number of carbonyl (C=O) groups excluding carboxylic acids is 6. The van der Waals surface area contributed by atoms with Gasteiger partial charge in [-0.05, 0) is 37.1 Å². The number of unbranched alkanes of at least 4 members (excludes halogenated alkanes) is 1. The Labute approximate surface area is 268 Å². The maximum absolute atomic E-state index is 11.3. The Hall–Kier alpha value is -4.34. The molecule has 0 heterocycles. The van der Waals surface area contributed by atoms with Gasteiger partial charge in [-0.1, -0.05) is 73.2 Å². The quantitative estimate of drug-likeness (QED) is 0.117. The van der Waals surface area contributed by atoms with Crippen LogP contribution in [0.1, 0.15) is 121 Å². The van der Waals surface area contributed by atoms with Gasteiger partial charge in [0.1, 0.15) is 0 Å². The highest BCUT2D eigenvalue weighted by atomic mass is 16.5. The molecule has 0 unspecified atom stereocenters. The summed E-state index contributed by atoms with van der Waals surface area (Å²) in [5, 5.41) is 5.47. The molecular formula is C35H52N2O8. The van der Waals surface area contributed by atoms with E-state index in [1.54, 1.807) is 76.2 Å².